The summed E-state index contributed by atoms with van der Waals surface area (Å²) < 4.78 is 26.1. The Hall–Kier alpha value is -1.45. The standard InChI is InChI=1S/C15H13ClF2O/c1-9-2-3-11(7-14(9)16)15(19)6-10-4-12(17)8-13(18)5-10/h2-5,7-8,15,19H,6H2,1H3. The molecule has 1 unspecified atom stereocenters. The van der Waals surface area contributed by atoms with Crippen LogP contribution in [0.15, 0.2) is 36.4 Å². The lowest BCUT2D eigenvalue weighted by Crippen LogP contribution is -2.03. The molecule has 0 aliphatic heterocycles. The summed E-state index contributed by atoms with van der Waals surface area (Å²) in [5.74, 6) is -1.30. The Labute approximate surface area is 115 Å². The van der Waals surface area contributed by atoms with Crippen molar-refractivity contribution in [2.45, 2.75) is 19.4 Å². The molecular weight excluding hydrogens is 270 g/mol. The Kier molecular flexibility index (Phi) is 4.17. The Morgan fingerprint density at radius 1 is 1.11 bits per heavy atom. The van der Waals surface area contributed by atoms with E-state index < -0.39 is 17.7 Å². The second kappa shape index (κ2) is 5.68. The monoisotopic (exact) mass is 282 g/mol. The van der Waals surface area contributed by atoms with Crippen molar-refractivity contribution < 1.29 is 13.9 Å². The van der Waals surface area contributed by atoms with Gasteiger partial charge in [-0.3, -0.25) is 0 Å². The molecule has 0 aliphatic rings. The van der Waals surface area contributed by atoms with Gasteiger partial charge in [-0.15, -0.1) is 0 Å². The van der Waals surface area contributed by atoms with E-state index in [1.807, 2.05) is 6.92 Å². The number of rotatable bonds is 3. The normalized spacial score (nSPS) is 12.5. The molecule has 1 nitrogen and oxygen atoms in total. The molecule has 2 rings (SSSR count). The molecule has 0 radical (unpaired) electrons. The Bertz CT molecular complexity index is 578. The van der Waals surface area contributed by atoms with Crippen molar-refractivity contribution in [2.24, 2.45) is 0 Å². The van der Waals surface area contributed by atoms with E-state index in [1.165, 1.54) is 12.1 Å². The van der Waals surface area contributed by atoms with Crippen molar-refractivity contribution in [2.75, 3.05) is 0 Å². The van der Waals surface area contributed by atoms with Crippen LogP contribution in [0.3, 0.4) is 0 Å². The molecule has 1 atom stereocenters. The molecule has 0 fully saturated rings. The molecule has 0 bridgehead atoms. The van der Waals surface area contributed by atoms with Crippen molar-refractivity contribution in [1.29, 1.82) is 0 Å². The van der Waals surface area contributed by atoms with Gasteiger partial charge in [-0.2, -0.15) is 0 Å². The summed E-state index contributed by atoms with van der Waals surface area (Å²) in [4.78, 5) is 0. The van der Waals surface area contributed by atoms with E-state index in [4.69, 9.17) is 11.6 Å². The molecule has 0 amide bonds. The third kappa shape index (κ3) is 3.52. The summed E-state index contributed by atoms with van der Waals surface area (Å²) in [5.41, 5.74) is 1.94. The number of hydrogen-bond donors (Lipinski definition) is 1. The fraction of sp³-hybridized carbons (Fsp3) is 0.200. The fourth-order valence-electron chi connectivity index (χ4n) is 1.89. The minimum absolute atomic E-state index is 0.133. The largest absolute Gasteiger partial charge is 0.388 e. The van der Waals surface area contributed by atoms with Gasteiger partial charge < -0.3 is 5.11 Å². The Balaban J connectivity index is 2.20. The lowest BCUT2D eigenvalue weighted by molar-refractivity contribution is 0.178. The molecule has 2 aromatic carbocycles. The van der Waals surface area contributed by atoms with Crippen LogP contribution in [0.25, 0.3) is 0 Å². The number of aliphatic hydroxyl groups excluding tert-OH is 1. The van der Waals surface area contributed by atoms with E-state index in [9.17, 15) is 13.9 Å². The van der Waals surface area contributed by atoms with Crippen molar-refractivity contribution in [1.82, 2.24) is 0 Å². The third-order valence-electron chi connectivity index (χ3n) is 2.93. The molecule has 19 heavy (non-hydrogen) atoms. The van der Waals surface area contributed by atoms with Crippen LogP contribution in [-0.2, 0) is 6.42 Å². The molecule has 4 heteroatoms. The van der Waals surface area contributed by atoms with Gasteiger partial charge in [0.1, 0.15) is 11.6 Å². The van der Waals surface area contributed by atoms with Gasteiger partial charge in [0.2, 0.25) is 0 Å². The van der Waals surface area contributed by atoms with Gasteiger partial charge in [-0.1, -0.05) is 23.7 Å². The summed E-state index contributed by atoms with van der Waals surface area (Å²) in [5, 5.41) is 10.6. The Morgan fingerprint density at radius 3 is 2.32 bits per heavy atom. The topological polar surface area (TPSA) is 20.2 Å². The van der Waals surface area contributed by atoms with Crippen molar-refractivity contribution in [3.05, 3.63) is 69.7 Å². The maximum atomic E-state index is 13.1. The van der Waals surface area contributed by atoms with Crippen molar-refractivity contribution >= 4 is 11.6 Å². The number of aliphatic hydroxyl groups is 1. The van der Waals surface area contributed by atoms with E-state index in [0.717, 1.165) is 11.6 Å². The molecule has 0 aliphatic carbocycles. The SMILES string of the molecule is Cc1ccc(C(O)Cc2cc(F)cc(F)c2)cc1Cl. The van der Waals surface area contributed by atoms with E-state index >= 15 is 0 Å². The maximum absolute atomic E-state index is 13.1. The third-order valence-corrected chi connectivity index (χ3v) is 3.34. The lowest BCUT2D eigenvalue weighted by Gasteiger charge is -2.12. The fourth-order valence-corrected chi connectivity index (χ4v) is 2.08. The molecule has 0 saturated carbocycles. The van der Waals surface area contributed by atoms with Gasteiger partial charge >= 0.3 is 0 Å². The summed E-state index contributed by atoms with van der Waals surface area (Å²) in [6.45, 7) is 1.86. The highest BCUT2D eigenvalue weighted by molar-refractivity contribution is 6.31. The molecule has 2 aromatic rings. The first kappa shape index (κ1) is 14.0. The zero-order chi connectivity index (χ0) is 14.0. The molecule has 100 valence electrons. The summed E-state index contributed by atoms with van der Waals surface area (Å²) >= 11 is 5.98. The smallest absolute Gasteiger partial charge is 0.126 e. The number of benzene rings is 2. The van der Waals surface area contributed by atoms with Crippen LogP contribution in [0.4, 0.5) is 8.78 Å². The maximum Gasteiger partial charge on any atom is 0.126 e. The van der Waals surface area contributed by atoms with Crippen LogP contribution in [0, 0.1) is 18.6 Å². The van der Waals surface area contributed by atoms with Crippen LogP contribution < -0.4 is 0 Å². The Morgan fingerprint density at radius 2 is 1.74 bits per heavy atom. The highest BCUT2D eigenvalue weighted by atomic mass is 35.5. The summed E-state index contributed by atoms with van der Waals surface area (Å²) in [6, 6.07) is 8.44. The van der Waals surface area contributed by atoms with E-state index in [0.29, 0.717) is 16.1 Å². The quantitative estimate of drug-likeness (QED) is 0.894. The molecule has 0 saturated heterocycles. The van der Waals surface area contributed by atoms with E-state index in [2.05, 4.69) is 0 Å². The van der Waals surface area contributed by atoms with Crippen molar-refractivity contribution in [3.8, 4) is 0 Å². The van der Waals surface area contributed by atoms with Gasteiger partial charge in [0.05, 0.1) is 6.10 Å². The first-order valence-corrected chi connectivity index (χ1v) is 6.22. The number of aryl methyl sites for hydroxylation is 1. The van der Waals surface area contributed by atoms with Gasteiger partial charge in [0, 0.05) is 17.5 Å². The first-order chi connectivity index (χ1) is 8.95. The van der Waals surface area contributed by atoms with Gasteiger partial charge in [-0.25, -0.2) is 8.78 Å². The highest BCUT2D eigenvalue weighted by Crippen LogP contribution is 2.24. The molecular formula is C15H13ClF2O. The predicted octanol–water partition coefficient (Wildman–Crippen LogP) is 4.20. The average molecular weight is 283 g/mol. The molecule has 0 aromatic heterocycles. The summed E-state index contributed by atoms with van der Waals surface area (Å²) in [6.07, 6.45) is -0.715. The van der Waals surface area contributed by atoms with Crippen LogP contribution in [-0.4, -0.2) is 5.11 Å². The van der Waals surface area contributed by atoms with Crippen LogP contribution in [0.5, 0.6) is 0 Å². The minimum Gasteiger partial charge on any atom is -0.388 e. The molecule has 0 spiro atoms. The average Bonchev–Trinajstić information content (AvgIpc) is 2.31. The van der Waals surface area contributed by atoms with Crippen LogP contribution in [0.1, 0.15) is 22.8 Å². The minimum atomic E-state index is -0.848. The van der Waals surface area contributed by atoms with E-state index in [-0.39, 0.29) is 6.42 Å². The first-order valence-electron chi connectivity index (χ1n) is 5.85. The molecule has 1 N–H and O–H groups in total. The number of hydrogen-bond acceptors (Lipinski definition) is 1. The number of halogens is 3. The van der Waals surface area contributed by atoms with Gasteiger partial charge in [0.15, 0.2) is 0 Å². The summed E-state index contributed by atoms with van der Waals surface area (Å²) in [7, 11) is 0. The van der Waals surface area contributed by atoms with E-state index in [1.54, 1.807) is 18.2 Å². The van der Waals surface area contributed by atoms with Crippen LogP contribution >= 0.6 is 11.6 Å². The van der Waals surface area contributed by atoms with Gasteiger partial charge in [0.25, 0.3) is 0 Å². The van der Waals surface area contributed by atoms with Gasteiger partial charge in [-0.05, 0) is 41.8 Å². The second-order valence-corrected chi connectivity index (χ2v) is 4.91. The zero-order valence-corrected chi connectivity index (χ0v) is 11.1. The zero-order valence-electron chi connectivity index (χ0n) is 10.3. The highest BCUT2D eigenvalue weighted by Gasteiger charge is 2.11. The van der Waals surface area contributed by atoms with Crippen LogP contribution in [0.2, 0.25) is 5.02 Å². The predicted molar refractivity (Wildman–Crippen MR) is 71.2 cm³/mol. The lowest BCUT2D eigenvalue weighted by atomic mass is 10.0. The molecule has 0 heterocycles. The van der Waals surface area contributed by atoms with Crippen molar-refractivity contribution in [3.63, 3.8) is 0 Å². The second-order valence-electron chi connectivity index (χ2n) is 4.51.